The molecular formula is C25H23N3O4S3. The van der Waals surface area contributed by atoms with Crippen molar-refractivity contribution in [2.75, 3.05) is 18.2 Å². The maximum Gasteiger partial charge on any atom is 0.341 e. The Morgan fingerprint density at radius 1 is 1.17 bits per heavy atom. The van der Waals surface area contributed by atoms with Crippen molar-refractivity contribution in [3.63, 3.8) is 0 Å². The van der Waals surface area contributed by atoms with E-state index in [1.54, 1.807) is 11.3 Å². The molecule has 0 unspecified atom stereocenters. The molecule has 4 aromatic rings. The summed E-state index contributed by atoms with van der Waals surface area (Å²) >= 11 is 4.08. The third-order valence-electron chi connectivity index (χ3n) is 5.93. The summed E-state index contributed by atoms with van der Waals surface area (Å²) in [7, 11) is 1.33. The minimum atomic E-state index is -0.505. The summed E-state index contributed by atoms with van der Waals surface area (Å²) in [5.74, 6) is -0.763. The van der Waals surface area contributed by atoms with E-state index in [0.717, 1.165) is 52.1 Å². The zero-order chi connectivity index (χ0) is 24.5. The molecule has 0 radical (unpaired) electrons. The second-order valence-electron chi connectivity index (χ2n) is 8.19. The molecule has 1 amide bonds. The molecule has 5 rings (SSSR count). The normalized spacial score (nSPS) is 13.0. The van der Waals surface area contributed by atoms with Gasteiger partial charge in [0.1, 0.15) is 15.4 Å². The molecule has 10 heteroatoms. The summed E-state index contributed by atoms with van der Waals surface area (Å²) < 4.78 is 5.01. The topological polar surface area (TPSA) is 101 Å². The van der Waals surface area contributed by atoms with Gasteiger partial charge in [-0.15, -0.1) is 22.7 Å². The smallest absolute Gasteiger partial charge is 0.341 e. The number of amides is 1. The van der Waals surface area contributed by atoms with E-state index in [1.807, 2.05) is 37.3 Å². The largest absolute Gasteiger partial charge is 0.465 e. The molecule has 0 saturated heterocycles. The third kappa shape index (κ3) is 4.65. The van der Waals surface area contributed by atoms with Gasteiger partial charge in [0, 0.05) is 15.3 Å². The van der Waals surface area contributed by atoms with Gasteiger partial charge in [0.2, 0.25) is 5.91 Å². The lowest BCUT2D eigenvalue weighted by molar-refractivity contribution is -0.113. The Bertz CT molecular complexity index is 1490. The van der Waals surface area contributed by atoms with Gasteiger partial charge >= 0.3 is 5.97 Å². The third-order valence-corrected chi connectivity index (χ3v) is 9.01. The van der Waals surface area contributed by atoms with E-state index in [1.165, 1.54) is 35.1 Å². The molecule has 0 atom stereocenters. The first-order chi connectivity index (χ1) is 17.0. The van der Waals surface area contributed by atoms with Gasteiger partial charge in [-0.2, -0.15) is 0 Å². The van der Waals surface area contributed by atoms with Gasteiger partial charge in [-0.1, -0.05) is 42.1 Å². The van der Waals surface area contributed by atoms with Gasteiger partial charge < -0.3 is 15.0 Å². The number of H-pyrrole nitrogens is 1. The lowest BCUT2D eigenvalue weighted by Crippen LogP contribution is -2.17. The van der Waals surface area contributed by atoms with Gasteiger partial charge in [-0.3, -0.25) is 9.59 Å². The van der Waals surface area contributed by atoms with Gasteiger partial charge in [-0.05, 0) is 43.7 Å². The number of aryl methyl sites for hydroxylation is 3. The van der Waals surface area contributed by atoms with Crippen LogP contribution in [0.5, 0.6) is 0 Å². The number of hydrogen-bond donors (Lipinski definition) is 2. The first kappa shape index (κ1) is 23.8. The van der Waals surface area contributed by atoms with E-state index in [0.29, 0.717) is 21.1 Å². The Labute approximate surface area is 213 Å². The highest BCUT2D eigenvalue weighted by Gasteiger charge is 2.25. The van der Waals surface area contributed by atoms with E-state index < -0.39 is 5.97 Å². The Hall–Kier alpha value is -2.95. The zero-order valence-electron chi connectivity index (χ0n) is 19.2. The van der Waals surface area contributed by atoms with Crippen LogP contribution in [-0.4, -0.2) is 34.7 Å². The standard InChI is InChI=1S/C25H23N3O4S3/c1-13-18(14-8-4-3-5-9-14)20(24(31)32-2)23(34-13)26-17(29)12-33-25-27-21(30)19-15-10-6-7-11-16(15)35-22(19)28-25/h3-5,8-9H,6-7,10-12H2,1-2H3,(H,26,29)(H,27,28,30). The number of ether oxygens (including phenoxy) is 1. The predicted octanol–water partition coefficient (Wildman–Crippen LogP) is 5.42. The number of fused-ring (bicyclic) bond motifs is 3. The Morgan fingerprint density at radius 3 is 2.71 bits per heavy atom. The van der Waals surface area contributed by atoms with Crippen LogP contribution >= 0.6 is 34.4 Å². The van der Waals surface area contributed by atoms with E-state index in [9.17, 15) is 14.4 Å². The van der Waals surface area contributed by atoms with Crippen LogP contribution in [0.4, 0.5) is 5.00 Å². The Kier molecular flexibility index (Phi) is 6.77. The van der Waals surface area contributed by atoms with Crippen molar-refractivity contribution in [2.24, 2.45) is 0 Å². The molecule has 0 spiro atoms. The minimum Gasteiger partial charge on any atom is -0.465 e. The molecule has 3 heterocycles. The van der Waals surface area contributed by atoms with Gasteiger partial charge in [0.05, 0.1) is 18.2 Å². The van der Waals surface area contributed by atoms with E-state index in [-0.39, 0.29) is 17.2 Å². The highest BCUT2D eigenvalue weighted by Crippen LogP contribution is 2.40. The molecular weight excluding hydrogens is 502 g/mol. The molecule has 7 nitrogen and oxygen atoms in total. The lowest BCUT2D eigenvalue weighted by atomic mass is 9.97. The first-order valence-corrected chi connectivity index (χ1v) is 13.8. The number of methoxy groups -OCH3 is 1. The number of carbonyl (C=O) groups is 2. The number of aromatic amines is 1. The van der Waals surface area contributed by atoms with Crippen LogP contribution in [0.25, 0.3) is 21.3 Å². The van der Waals surface area contributed by atoms with Crippen molar-refractivity contribution in [3.8, 4) is 11.1 Å². The molecule has 35 heavy (non-hydrogen) atoms. The molecule has 1 aliphatic carbocycles. The van der Waals surface area contributed by atoms with Crippen molar-refractivity contribution in [1.29, 1.82) is 0 Å². The molecule has 1 aromatic carbocycles. The van der Waals surface area contributed by atoms with Crippen LogP contribution in [0.15, 0.2) is 40.3 Å². The summed E-state index contributed by atoms with van der Waals surface area (Å²) in [5.41, 5.74) is 2.97. The molecule has 2 N–H and O–H groups in total. The summed E-state index contributed by atoms with van der Waals surface area (Å²) in [6.45, 7) is 1.91. The van der Waals surface area contributed by atoms with Crippen LogP contribution in [-0.2, 0) is 22.4 Å². The van der Waals surface area contributed by atoms with Gasteiger partial charge in [0.25, 0.3) is 5.56 Å². The lowest BCUT2D eigenvalue weighted by Gasteiger charge is -2.09. The number of nitrogens with one attached hydrogen (secondary N) is 2. The van der Waals surface area contributed by atoms with Crippen LogP contribution in [0.1, 0.15) is 38.5 Å². The van der Waals surface area contributed by atoms with E-state index in [4.69, 9.17) is 4.74 Å². The number of thiophene rings is 2. The molecule has 0 bridgehead atoms. The fourth-order valence-electron chi connectivity index (χ4n) is 4.39. The molecule has 3 aromatic heterocycles. The summed E-state index contributed by atoms with van der Waals surface area (Å²) in [4.78, 5) is 48.5. The fraction of sp³-hybridized carbons (Fsp3) is 0.280. The van der Waals surface area contributed by atoms with E-state index in [2.05, 4.69) is 15.3 Å². The number of rotatable bonds is 6. The SMILES string of the molecule is COC(=O)c1c(NC(=O)CSc2nc3sc4c(c3c(=O)[nH]2)CCCC4)sc(C)c1-c1ccccc1. The summed E-state index contributed by atoms with van der Waals surface area (Å²) in [6.07, 6.45) is 4.15. The predicted molar refractivity (Wildman–Crippen MR) is 142 cm³/mol. The maximum atomic E-state index is 12.8. The number of benzene rings is 1. The molecule has 180 valence electrons. The maximum absolute atomic E-state index is 12.8. The second kappa shape index (κ2) is 9.96. The summed E-state index contributed by atoms with van der Waals surface area (Å²) in [5, 5.41) is 4.42. The number of thioether (sulfide) groups is 1. The van der Waals surface area contributed by atoms with Crippen LogP contribution in [0, 0.1) is 6.92 Å². The van der Waals surface area contributed by atoms with Gasteiger partial charge in [-0.25, -0.2) is 9.78 Å². The molecule has 0 saturated carbocycles. The highest BCUT2D eigenvalue weighted by atomic mass is 32.2. The van der Waals surface area contributed by atoms with Crippen molar-refractivity contribution < 1.29 is 14.3 Å². The average molecular weight is 526 g/mol. The number of esters is 1. The highest BCUT2D eigenvalue weighted by molar-refractivity contribution is 7.99. The Morgan fingerprint density at radius 2 is 1.94 bits per heavy atom. The van der Waals surface area contributed by atoms with Crippen LogP contribution in [0.2, 0.25) is 0 Å². The number of aromatic nitrogens is 2. The minimum absolute atomic E-state index is 0.0395. The van der Waals surface area contributed by atoms with E-state index >= 15 is 0 Å². The molecule has 1 aliphatic rings. The average Bonchev–Trinajstić information content (AvgIpc) is 3.40. The van der Waals surface area contributed by atoms with Crippen molar-refractivity contribution in [1.82, 2.24) is 9.97 Å². The van der Waals surface area contributed by atoms with Crippen LogP contribution < -0.4 is 10.9 Å². The zero-order valence-corrected chi connectivity index (χ0v) is 21.7. The number of carbonyl (C=O) groups excluding carboxylic acids is 2. The van der Waals surface area contributed by atoms with Crippen molar-refractivity contribution in [3.05, 3.63) is 61.6 Å². The van der Waals surface area contributed by atoms with Crippen LogP contribution in [0.3, 0.4) is 0 Å². The monoisotopic (exact) mass is 525 g/mol. The second-order valence-corrected chi connectivity index (χ2v) is 11.5. The number of nitrogens with zero attached hydrogens (tertiary/aromatic N) is 1. The number of anilines is 1. The van der Waals surface area contributed by atoms with Crippen molar-refractivity contribution in [2.45, 2.75) is 37.8 Å². The summed E-state index contributed by atoms with van der Waals surface area (Å²) in [6, 6.07) is 9.55. The molecule has 0 aliphatic heterocycles. The van der Waals surface area contributed by atoms with Crippen molar-refractivity contribution >= 4 is 61.5 Å². The molecule has 0 fully saturated rings. The number of hydrogen-bond acceptors (Lipinski definition) is 8. The first-order valence-electron chi connectivity index (χ1n) is 11.2. The fourth-order valence-corrected chi connectivity index (χ4v) is 7.45. The van der Waals surface area contributed by atoms with Gasteiger partial charge in [0.15, 0.2) is 5.16 Å². The Balaban J connectivity index is 1.36. The quantitative estimate of drug-likeness (QED) is 0.198.